The minimum Gasteiger partial charge on any atom is -0.348 e. The number of aromatic nitrogens is 2. The Morgan fingerprint density at radius 1 is 1.08 bits per heavy atom. The summed E-state index contributed by atoms with van der Waals surface area (Å²) in [6, 6.07) is 9.25. The van der Waals surface area contributed by atoms with Gasteiger partial charge in [-0.3, -0.25) is 4.79 Å². The Labute approximate surface area is 146 Å². The summed E-state index contributed by atoms with van der Waals surface area (Å²) < 4.78 is 0. The molecule has 0 bridgehead atoms. The Morgan fingerprint density at radius 2 is 1.88 bits per heavy atom. The fourth-order valence-electron chi connectivity index (χ4n) is 2.95. The molecule has 0 radical (unpaired) electrons. The van der Waals surface area contributed by atoms with Crippen LogP contribution in [0.2, 0.25) is 5.02 Å². The number of carbonyl (C=O) groups excluding carboxylic acids is 1. The zero-order valence-corrected chi connectivity index (χ0v) is 14.2. The van der Waals surface area contributed by atoms with Gasteiger partial charge in [0.25, 0.3) is 5.91 Å². The number of benzene rings is 1. The van der Waals surface area contributed by atoms with Crippen LogP contribution >= 0.6 is 11.6 Å². The average molecular weight is 345 g/mol. The van der Waals surface area contributed by atoms with E-state index in [4.69, 9.17) is 11.6 Å². The molecule has 1 fully saturated rings. The summed E-state index contributed by atoms with van der Waals surface area (Å²) in [5.74, 6) is 0.428. The van der Waals surface area contributed by atoms with Crippen LogP contribution in [-0.2, 0) is 0 Å². The Balaban J connectivity index is 1.66. The molecule has 3 rings (SSSR count). The first-order chi connectivity index (χ1) is 11.7. The first-order valence-corrected chi connectivity index (χ1v) is 8.74. The van der Waals surface area contributed by atoms with Crippen LogP contribution in [0.25, 0.3) is 0 Å². The van der Waals surface area contributed by atoms with Gasteiger partial charge in [-0.2, -0.15) is 0 Å². The lowest BCUT2D eigenvalue weighted by Crippen LogP contribution is -2.34. The van der Waals surface area contributed by atoms with Gasteiger partial charge in [-0.05, 0) is 31.0 Å². The summed E-state index contributed by atoms with van der Waals surface area (Å²) in [5, 5.41) is 6.87. The minimum absolute atomic E-state index is 0.140. The molecule has 126 valence electrons. The van der Waals surface area contributed by atoms with Gasteiger partial charge in [0, 0.05) is 22.8 Å². The number of nitrogens with one attached hydrogen (secondary N) is 2. The van der Waals surface area contributed by atoms with Gasteiger partial charge in [0.05, 0.1) is 0 Å². The van der Waals surface area contributed by atoms with E-state index in [2.05, 4.69) is 20.6 Å². The van der Waals surface area contributed by atoms with Crippen LogP contribution in [0.1, 0.15) is 49.0 Å². The molecular formula is C18H21ClN4O. The molecule has 2 N–H and O–H groups in total. The third-order valence-electron chi connectivity index (χ3n) is 4.19. The number of halogens is 1. The van der Waals surface area contributed by atoms with Crippen molar-refractivity contribution in [1.82, 2.24) is 15.3 Å². The number of carbonyl (C=O) groups is 1. The van der Waals surface area contributed by atoms with Gasteiger partial charge < -0.3 is 10.6 Å². The molecule has 0 spiro atoms. The fourth-order valence-corrected chi connectivity index (χ4v) is 3.14. The first-order valence-electron chi connectivity index (χ1n) is 8.36. The molecule has 2 aromatic rings. The second-order valence-corrected chi connectivity index (χ2v) is 6.52. The summed E-state index contributed by atoms with van der Waals surface area (Å²) in [4.78, 5) is 20.7. The number of hydrogen-bond acceptors (Lipinski definition) is 4. The van der Waals surface area contributed by atoms with Gasteiger partial charge >= 0.3 is 0 Å². The number of anilines is 2. The van der Waals surface area contributed by atoms with E-state index >= 15 is 0 Å². The molecule has 0 unspecified atom stereocenters. The van der Waals surface area contributed by atoms with Gasteiger partial charge in [-0.15, -0.1) is 0 Å². The van der Waals surface area contributed by atoms with Gasteiger partial charge in [-0.1, -0.05) is 43.4 Å². The van der Waals surface area contributed by atoms with Crippen molar-refractivity contribution in [2.75, 3.05) is 5.32 Å². The molecule has 1 saturated carbocycles. The van der Waals surface area contributed by atoms with Gasteiger partial charge in [0.2, 0.25) is 0 Å². The van der Waals surface area contributed by atoms with E-state index in [0.29, 0.717) is 16.5 Å². The van der Waals surface area contributed by atoms with Crippen LogP contribution in [0.4, 0.5) is 11.5 Å². The van der Waals surface area contributed by atoms with Crippen molar-refractivity contribution in [1.29, 1.82) is 0 Å². The Kier molecular flexibility index (Phi) is 5.64. The molecule has 6 heteroatoms. The molecular weight excluding hydrogens is 324 g/mol. The minimum atomic E-state index is -0.140. The maximum absolute atomic E-state index is 12.4. The van der Waals surface area contributed by atoms with Crippen LogP contribution in [-0.4, -0.2) is 21.9 Å². The SMILES string of the molecule is O=C(NC1CCCCCC1)c1cc(Nc2cccc(Cl)c2)ncn1. The van der Waals surface area contributed by atoms with E-state index in [1.54, 1.807) is 18.2 Å². The highest BCUT2D eigenvalue weighted by Gasteiger charge is 2.17. The summed E-state index contributed by atoms with van der Waals surface area (Å²) in [6.07, 6.45) is 8.36. The molecule has 1 aromatic heterocycles. The van der Waals surface area contributed by atoms with E-state index < -0.39 is 0 Å². The Morgan fingerprint density at radius 3 is 2.62 bits per heavy atom. The van der Waals surface area contributed by atoms with E-state index in [9.17, 15) is 4.79 Å². The predicted molar refractivity (Wildman–Crippen MR) is 95.7 cm³/mol. The normalized spacial score (nSPS) is 15.5. The molecule has 0 atom stereocenters. The van der Waals surface area contributed by atoms with Crippen molar-refractivity contribution in [3.63, 3.8) is 0 Å². The van der Waals surface area contributed by atoms with Crippen molar-refractivity contribution < 1.29 is 4.79 Å². The van der Waals surface area contributed by atoms with E-state index in [1.165, 1.54) is 32.0 Å². The lowest BCUT2D eigenvalue weighted by molar-refractivity contribution is 0.0928. The van der Waals surface area contributed by atoms with E-state index in [0.717, 1.165) is 18.5 Å². The lowest BCUT2D eigenvalue weighted by Gasteiger charge is -2.16. The van der Waals surface area contributed by atoms with Crippen molar-refractivity contribution in [3.8, 4) is 0 Å². The van der Waals surface area contributed by atoms with E-state index in [-0.39, 0.29) is 11.9 Å². The number of nitrogens with zero attached hydrogens (tertiary/aromatic N) is 2. The monoisotopic (exact) mass is 344 g/mol. The summed E-state index contributed by atoms with van der Waals surface area (Å²) >= 11 is 5.98. The number of amides is 1. The number of hydrogen-bond donors (Lipinski definition) is 2. The molecule has 0 saturated heterocycles. The Hall–Kier alpha value is -2.14. The van der Waals surface area contributed by atoms with Gasteiger partial charge in [-0.25, -0.2) is 9.97 Å². The van der Waals surface area contributed by atoms with Crippen molar-refractivity contribution >= 4 is 29.0 Å². The third kappa shape index (κ3) is 4.68. The molecule has 1 aliphatic rings. The van der Waals surface area contributed by atoms with E-state index in [1.807, 2.05) is 12.1 Å². The van der Waals surface area contributed by atoms with Gasteiger partial charge in [0.1, 0.15) is 17.8 Å². The summed E-state index contributed by atoms with van der Waals surface area (Å²) in [7, 11) is 0. The average Bonchev–Trinajstić information content (AvgIpc) is 2.84. The maximum Gasteiger partial charge on any atom is 0.270 e. The highest BCUT2D eigenvalue weighted by Crippen LogP contribution is 2.20. The molecule has 1 heterocycles. The highest BCUT2D eigenvalue weighted by molar-refractivity contribution is 6.30. The second kappa shape index (κ2) is 8.11. The largest absolute Gasteiger partial charge is 0.348 e. The van der Waals surface area contributed by atoms with Crippen molar-refractivity contribution in [3.05, 3.63) is 47.4 Å². The van der Waals surface area contributed by atoms with Crippen molar-refractivity contribution in [2.45, 2.75) is 44.6 Å². The zero-order valence-electron chi connectivity index (χ0n) is 13.5. The van der Waals surface area contributed by atoms with Crippen LogP contribution in [0.3, 0.4) is 0 Å². The zero-order chi connectivity index (χ0) is 16.8. The summed E-state index contributed by atoms with van der Waals surface area (Å²) in [5.41, 5.74) is 1.19. The smallest absolute Gasteiger partial charge is 0.270 e. The molecule has 0 aliphatic heterocycles. The molecule has 1 amide bonds. The molecule has 5 nitrogen and oxygen atoms in total. The lowest BCUT2D eigenvalue weighted by atomic mass is 10.1. The number of rotatable bonds is 4. The standard InChI is InChI=1S/C18H21ClN4O/c19-13-6-5-9-15(10-13)22-17-11-16(20-12-21-17)18(24)23-14-7-3-1-2-4-8-14/h5-6,9-12,14H,1-4,7-8H2,(H,23,24)(H,20,21,22). The highest BCUT2D eigenvalue weighted by atomic mass is 35.5. The van der Waals surface area contributed by atoms with Crippen LogP contribution in [0.15, 0.2) is 36.7 Å². The first kappa shape index (κ1) is 16.7. The third-order valence-corrected chi connectivity index (χ3v) is 4.42. The molecule has 24 heavy (non-hydrogen) atoms. The maximum atomic E-state index is 12.4. The summed E-state index contributed by atoms with van der Waals surface area (Å²) in [6.45, 7) is 0. The second-order valence-electron chi connectivity index (χ2n) is 6.09. The van der Waals surface area contributed by atoms with Gasteiger partial charge in [0.15, 0.2) is 0 Å². The van der Waals surface area contributed by atoms with Crippen LogP contribution in [0.5, 0.6) is 0 Å². The Bertz CT molecular complexity index is 699. The fraction of sp³-hybridized carbons (Fsp3) is 0.389. The molecule has 1 aromatic carbocycles. The quantitative estimate of drug-likeness (QED) is 0.810. The predicted octanol–water partition coefficient (Wildman–Crippen LogP) is 4.33. The van der Waals surface area contributed by atoms with Crippen molar-refractivity contribution in [2.24, 2.45) is 0 Å². The topological polar surface area (TPSA) is 66.9 Å². The molecule has 1 aliphatic carbocycles. The van der Waals surface area contributed by atoms with Crippen LogP contribution < -0.4 is 10.6 Å². The van der Waals surface area contributed by atoms with Crippen LogP contribution in [0, 0.1) is 0 Å².